The van der Waals surface area contributed by atoms with Crippen LogP contribution in [0.1, 0.15) is 31.2 Å². The van der Waals surface area contributed by atoms with Gasteiger partial charge in [0.05, 0.1) is 0 Å². The fraction of sp³-hybridized carbons (Fsp3) is 0.294. The Balaban J connectivity index is 2.21. The summed E-state index contributed by atoms with van der Waals surface area (Å²) in [7, 11) is 1.96. The second-order valence-corrected chi connectivity index (χ2v) is 4.73. The molecule has 0 heterocycles. The predicted octanol–water partition coefficient (Wildman–Crippen LogP) is 4.30. The van der Waals surface area contributed by atoms with E-state index in [1.165, 1.54) is 42.4 Å². The summed E-state index contributed by atoms with van der Waals surface area (Å²) in [5.74, 6) is 0. The van der Waals surface area contributed by atoms with Gasteiger partial charge in [0.1, 0.15) is 0 Å². The molecule has 0 aliphatic heterocycles. The molecule has 0 bridgehead atoms. The van der Waals surface area contributed by atoms with Gasteiger partial charge in [-0.1, -0.05) is 43.0 Å². The van der Waals surface area contributed by atoms with E-state index >= 15 is 0 Å². The van der Waals surface area contributed by atoms with Crippen LogP contribution in [0.15, 0.2) is 60.3 Å². The second kappa shape index (κ2) is 6.25. The molecule has 1 nitrogen and oxygen atoms in total. The van der Waals surface area contributed by atoms with Gasteiger partial charge in [0.15, 0.2) is 0 Å². The minimum absolute atomic E-state index is 1.11. The molecule has 0 aromatic heterocycles. The SMILES string of the molecule is C=C(/C=C1/CCCC/C1=C/NC)c1ccccc1. The van der Waals surface area contributed by atoms with Crippen molar-refractivity contribution in [2.24, 2.45) is 0 Å². The first kappa shape index (κ1) is 12.7. The smallest absolute Gasteiger partial charge is 0.00278 e. The van der Waals surface area contributed by atoms with Crippen LogP contribution in [0, 0.1) is 0 Å². The average molecular weight is 239 g/mol. The summed E-state index contributed by atoms with van der Waals surface area (Å²) >= 11 is 0. The van der Waals surface area contributed by atoms with E-state index in [0.29, 0.717) is 0 Å². The van der Waals surface area contributed by atoms with Crippen LogP contribution in [0.4, 0.5) is 0 Å². The Morgan fingerprint density at radius 2 is 1.78 bits per heavy atom. The molecule has 1 heteroatoms. The lowest BCUT2D eigenvalue weighted by atomic mass is 9.88. The summed E-state index contributed by atoms with van der Waals surface area (Å²) in [5.41, 5.74) is 5.18. The molecule has 1 fully saturated rings. The lowest BCUT2D eigenvalue weighted by molar-refractivity contribution is 0.675. The first-order chi connectivity index (χ1) is 8.81. The topological polar surface area (TPSA) is 12.0 Å². The maximum atomic E-state index is 4.19. The van der Waals surface area contributed by atoms with Gasteiger partial charge in [-0.15, -0.1) is 0 Å². The van der Waals surface area contributed by atoms with Gasteiger partial charge in [-0.05, 0) is 54.2 Å². The normalized spacial score (nSPS) is 20.1. The van der Waals surface area contributed by atoms with Crippen molar-refractivity contribution in [3.8, 4) is 0 Å². The van der Waals surface area contributed by atoms with Crippen molar-refractivity contribution in [1.82, 2.24) is 5.32 Å². The molecule has 2 rings (SSSR count). The fourth-order valence-corrected chi connectivity index (χ4v) is 2.40. The number of hydrogen-bond donors (Lipinski definition) is 1. The minimum Gasteiger partial charge on any atom is -0.394 e. The molecule has 0 unspecified atom stereocenters. The molecule has 1 saturated carbocycles. The Labute approximate surface area is 110 Å². The molecule has 0 atom stereocenters. The minimum atomic E-state index is 1.11. The van der Waals surface area contributed by atoms with E-state index in [4.69, 9.17) is 0 Å². The standard InChI is InChI=1S/C17H21N/c1-14(15-8-4-3-5-9-15)12-16-10-6-7-11-17(16)13-18-2/h3-5,8-9,12-13,18H,1,6-7,10-11H2,2H3/b16-12-,17-13-. The molecule has 1 N–H and O–H groups in total. The van der Waals surface area contributed by atoms with Crippen LogP contribution in [-0.2, 0) is 0 Å². The Kier molecular flexibility index (Phi) is 4.40. The zero-order chi connectivity index (χ0) is 12.8. The molecule has 0 radical (unpaired) electrons. The summed E-state index contributed by atoms with van der Waals surface area (Å²) in [5, 5.41) is 3.15. The molecule has 0 amide bonds. The maximum absolute atomic E-state index is 4.19. The van der Waals surface area contributed by atoms with Gasteiger partial charge < -0.3 is 5.32 Å². The molecule has 1 aromatic carbocycles. The largest absolute Gasteiger partial charge is 0.394 e. The number of allylic oxidation sites excluding steroid dienone is 4. The first-order valence-electron chi connectivity index (χ1n) is 6.63. The summed E-state index contributed by atoms with van der Waals surface area (Å²) in [4.78, 5) is 0. The summed E-state index contributed by atoms with van der Waals surface area (Å²) in [6.45, 7) is 4.19. The molecule has 1 aromatic rings. The number of rotatable bonds is 3. The van der Waals surface area contributed by atoms with Gasteiger partial charge in [0.2, 0.25) is 0 Å². The van der Waals surface area contributed by atoms with E-state index in [2.05, 4.69) is 48.4 Å². The van der Waals surface area contributed by atoms with Crippen molar-refractivity contribution in [2.75, 3.05) is 7.05 Å². The van der Waals surface area contributed by atoms with Crippen LogP contribution < -0.4 is 5.32 Å². The predicted molar refractivity (Wildman–Crippen MR) is 79.2 cm³/mol. The van der Waals surface area contributed by atoms with Crippen LogP contribution in [-0.4, -0.2) is 7.05 Å². The van der Waals surface area contributed by atoms with E-state index in [0.717, 1.165) is 5.57 Å². The van der Waals surface area contributed by atoms with E-state index in [1.807, 2.05) is 13.1 Å². The highest BCUT2D eigenvalue weighted by molar-refractivity contribution is 5.73. The molecule has 94 valence electrons. The van der Waals surface area contributed by atoms with E-state index in [-0.39, 0.29) is 0 Å². The van der Waals surface area contributed by atoms with Crippen LogP contribution in [0.3, 0.4) is 0 Å². The van der Waals surface area contributed by atoms with E-state index in [1.54, 1.807) is 0 Å². The first-order valence-corrected chi connectivity index (χ1v) is 6.63. The van der Waals surface area contributed by atoms with Gasteiger partial charge in [0, 0.05) is 7.05 Å². The van der Waals surface area contributed by atoms with Crippen LogP contribution in [0.25, 0.3) is 5.57 Å². The quantitative estimate of drug-likeness (QED) is 0.829. The lowest BCUT2D eigenvalue weighted by Crippen LogP contribution is -2.04. The maximum Gasteiger partial charge on any atom is 0.00278 e. The number of nitrogens with one attached hydrogen (secondary N) is 1. The van der Waals surface area contributed by atoms with Gasteiger partial charge in [-0.2, -0.15) is 0 Å². The molecule has 18 heavy (non-hydrogen) atoms. The number of hydrogen-bond acceptors (Lipinski definition) is 1. The van der Waals surface area contributed by atoms with E-state index in [9.17, 15) is 0 Å². The van der Waals surface area contributed by atoms with Gasteiger partial charge in [0.25, 0.3) is 0 Å². The molecule has 1 aliphatic carbocycles. The van der Waals surface area contributed by atoms with Crippen LogP contribution >= 0.6 is 0 Å². The van der Waals surface area contributed by atoms with Crippen LogP contribution in [0.2, 0.25) is 0 Å². The van der Waals surface area contributed by atoms with Crippen LogP contribution in [0.5, 0.6) is 0 Å². The third-order valence-electron chi connectivity index (χ3n) is 3.37. The average Bonchev–Trinajstić information content (AvgIpc) is 2.42. The number of benzene rings is 1. The zero-order valence-electron chi connectivity index (χ0n) is 11.1. The lowest BCUT2D eigenvalue weighted by Gasteiger charge is -2.18. The Morgan fingerprint density at radius 1 is 1.11 bits per heavy atom. The van der Waals surface area contributed by atoms with Crippen molar-refractivity contribution >= 4 is 5.57 Å². The third-order valence-corrected chi connectivity index (χ3v) is 3.37. The molecule has 0 spiro atoms. The monoisotopic (exact) mass is 239 g/mol. The highest BCUT2D eigenvalue weighted by Crippen LogP contribution is 2.30. The van der Waals surface area contributed by atoms with Crippen molar-refractivity contribution < 1.29 is 0 Å². The van der Waals surface area contributed by atoms with E-state index < -0.39 is 0 Å². The van der Waals surface area contributed by atoms with Crippen molar-refractivity contribution in [3.05, 3.63) is 65.9 Å². The fourth-order valence-electron chi connectivity index (χ4n) is 2.40. The summed E-state index contributed by atoms with van der Waals surface area (Å²) < 4.78 is 0. The third kappa shape index (κ3) is 3.13. The summed E-state index contributed by atoms with van der Waals surface area (Å²) in [6.07, 6.45) is 9.30. The summed E-state index contributed by atoms with van der Waals surface area (Å²) in [6, 6.07) is 10.4. The molecule has 0 saturated heterocycles. The Bertz CT molecular complexity index is 466. The van der Waals surface area contributed by atoms with Gasteiger partial charge in [-0.25, -0.2) is 0 Å². The molecule has 1 aliphatic rings. The second-order valence-electron chi connectivity index (χ2n) is 4.73. The molecular weight excluding hydrogens is 218 g/mol. The Morgan fingerprint density at radius 3 is 2.44 bits per heavy atom. The van der Waals surface area contributed by atoms with Crippen molar-refractivity contribution in [3.63, 3.8) is 0 Å². The van der Waals surface area contributed by atoms with Gasteiger partial charge in [-0.3, -0.25) is 0 Å². The Hall–Kier alpha value is -1.76. The molecular formula is C17H21N. The highest BCUT2D eigenvalue weighted by atomic mass is 14.8. The van der Waals surface area contributed by atoms with Gasteiger partial charge >= 0.3 is 0 Å². The highest BCUT2D eigenvalue weighted by Gasteiger charge is 2.11. The van der Waals surface area contributed by atoms with Crippen molar-refractivity contribution in [1.29, 1.82) is 0 Å². The van der Waals surface area contributed by atoms with Crippen molar-refractivity contribution in [2.45, 2.75) is 25.7 Å². The zero-order valence-corrected chi connectivity index (χ0v) is 11.1.